The fourth-order valence-corrected chi connectivity index (χ4v) is 3.27. The van der Waals surface area contributed by atoms with Crippen molar-refractivity contribution in [3.8, 4) is 11.5 Å². The molecule has 0 N–H and O–H groups in total. The molecule has 0 unspecified atom stereocenters. The van der Waals surface area contributed by atoms with Gasteiger partial charge < -0.3 is 14.2 Å². The van der Waals surface area contributed by atoms with Gasteiger partial charge in [0.25, 0.3) is 0 Å². The molecule has 26 heavy (non-hydrogen) atoms. The molecule has 0 bridgehead atoms. The lowest BCUT2D eigenvalue weighted by atomic mass is 10.1. The topological polar surface area (TPSA) is 57.1 Å². The van der Waals surface area contributed by atoms with Crippen molar-refractivity contribution in [2.75, 3.05) is 13.2 Å². The number of aliphatic imine (C=N–C) groups is 1. The summed E-state index contributed by atoms with van der Waals surface area (Å²) in [6, 6.07) is 13.1. The molecule has 5 nitrogen and oxygen atoms in total. The Morgan fingerprint density at radius 2 is 1.85 bits per heavy atom. The van der Waals surface area contributed by atoms with Gasteiger partial charge in [-0.25, -0.2) is 9.79 Å². The number of esters is 1. The van der Waals surface area contributed by atoms with Gasteiger partial charge in [-0.3, -0.25) is 0 Å². The van der Waals surface area contributed by atoms with Gasteiger partial charge in [-0.2, -0.15) is 0 Å². The fraction of sp³-hybridized carbons (Fsp3) is 0.200. The lowest BCUT2D eigenvalue weighted by Crippen LogP contribution is -2.05. The molecule has 134 valence electrons. The number of rotatable bonds is 6. The molecule has 0 aromatic heterocycles. The van der Waals surface area contributed by atoms with Crippen LogP contribution in [0, 0.1) is 3.57 Å². The fourth-order valence-electron chi connectivity index (χ4n) is 2.49. The molecule has 0 aliphatic carbocycles. The molecular formula is C20H18INO4. The number of carbonyl (C=O) groups excluding carboxylic acids is 1. The van der Waals surface area contributed by atoms with E-state index in [9.17, 15) is 4.79 Å². The van der Waals surface area contributed by atoms with Crippen LogP contribution >= 0.6 is 22.6 Å². The molecule has 6 heteroatoms. The molecule has 0 radical (unpaired) electrons. The van der Waals surface area contributed by atoms with Crippen LogP contribution in [0.1, 0.15) is 25.0 Å². The van der Waals surface area contributed by atoms with E-state index in [1.807, 2.05) is 56.3 Å². The van der Waals surface area contributed by atoms with Crippen LogP contribution in [0.3, 0.4) is 0 Å². The van der Waals surface area contributed by atoms with Gasteiger partial charge in [-0.15, -0.1) is 0 Å². The van der Waals surface area contributed by atoms with Crippen molar-refractivity contribution in [3.63, 3.8) is 0 Å². The molecule has 0 saturated heterocycles. The summed E-state index contributed by atoms with van der Waals surface area (Å²) >= 11 is 2.19. The summed E-state index contributed by atoms with van der Waals surface area (Å²) in [5, 5.41) is 0. The zero-order valence-electron chi connectivity index (χ0n) is 14.5. The van der Waals surface area contributed by atoms with E-state index in [1.54, 1.807) is 6.08 Å². The van der Waals surface area contributed by atoms with E-state index in [-0.39, 0.29) is 5.70 Å². The Morgan fingerprint density at radius 1 is 1.12 bits per heavy atom. The Labute approximate surface area is 165 Å². The van der Waals surface area contributed by atoms with Crippen molar-refractivity contribution in [2.24, 2.45) is 4.99 Å². The maximum absolute atomic E-state index is 12.2. The van der Waals surface area contributed by atoms with Gasteiger partial charge in [0.1, 0.15) is 0 Å². The average molecular weight is 463 g/mol. The van der Waals surface area contributed by atoms with Crippen LogP contribution in [0.2, 0.25) is 0 Å². The Balaban J connectivity index is 1.96. The number of cyclic esters (lactones) is 1. The lowest BCUT2D eigenvalue weighted by molar-refractivity contribution is -0.129. The molecule has 0 spiro atoms. The van der Waals surface area contributed by atoms with E-state index >= 15 is 0 Å². The molecule has 0 atom stereocenters. The lowest BCUT2D eigenvalue weighted by Gasteiger charge is -2.13. The second-order valence-electron chi connectivity index (χ2n) is 5.40. The van der Waals surface area contributed by atoms with Crippen LogP contribution < -0.4 is 9.47 Å². The molecule has 0 amide bonds. The maximum atomic E-state index is 12.2. The molecule has 2 aromatic rings. The summed E-state index contributed by atoms with van der Waals surface area (Å²) in [4.78, 5) is 16.5. The van der Waals surface area contributed by atoms with Crippen LogP contribution in [0.4, 0.5) is 0 Å². The highest BCUT2D eigenvalue weighted by atomic mass is 127. The Hall–Kier alpha value is -2.35. The summed E-state index contributed by atoms with van der Waals surface area (Å²) in [6.45, 7) is 4.91. The zero-order valence-corrected chi connectivity index (χ0v) is 16.6. The molecule has 0 fully saturated rings. The first-order chi connectivity index (χ1) is 12.6. The minimum Gasteiger partial charge on any atom is -0.490 e. The van der Waals surface area contributed by atoms with E-state index in [4.69, 9.17) is 14.2 Å². The summed E-state index contributed by atoms with van der Waals surface area (Å²) in [5.41, 5.74) is 1.82. The Morgan fingerprint density at radius 3 is 2.54 bits per heavy atom. The van der Waals surface area contributed by atoms with Crippen molar-refractivity contribution in [2.45, 2.75) is 13.8 Å². The first-order valence-corrected chi connectivity index (χ1v) is 9.37. The van der Waals surface area contributed by atoms with Crippen molar-refractivity contribution >= 4 is 40.5 Å². The highest BCUT2D eigenvalue weighted by Gasteiger charge is 2.24. The zero-order chi connectivity index (χ0) is 18.5. The highest BCUT2D eigenvalue weighted by Crippen LogP contribution is 2.35. The second-order valence-corrected chi connectivity index (χ2v) is 6.56. The monoisotopic (exact) mass is 463 g/mol. The van der Waals surface area contributed by atoms with Gasteiger partial charge in [0.2, 0.25) is 5.90 Å². The number of benzene rings is 2. The van der Waals surface area contributed by atoms with E-state index in [0.29, 0.717) is 30.6 Å². The second kappa shape index (κ2) is 8.35. The van der Waals surface area contributed by atoms with E-state index in [2.05, 4.69) is 27.6 Å². The van der Waals surface area contributed by atoms with Crippen molar-refractivity contribution in [1.29, 1.82) is 0 Å². The van der Waals surface area contributed by atoms with Crippen LogP contribution in [-0.4, -0.2) is 25.1 Å². The van der Waals surface area contributed by atoms with Crippen molar-refractivity contribution in [3.05, 3.63) is 62.9 Å². The summed E-state index contributed by atoms with van der Waals surface area (Å²) in [6.07, 6.45) is 1.69. The Kier molecular flexibility index (Phi) is 5.92. The summed E-state index contributed by atoms with van der Waals surface area (Å²) < 4.78 is 17.5. The number of hydrogen-bond donors (Lipinski definition) is 0. The van der Waals surface area contributed by atoms with Gasteiger partial charge in [0.05, 0.1) is 16.8 Å². The smallest absolute Gasteiger partial charge is 0.363 e. The average Bonchev–Trinajstić information content (AvgIpc) is 3.00. The minimum atomic E-state index is -0.467. The molecule has 1 aliphatic heterocycles. The van der Waals surface area contributed by atoms with Gasteiger partial charge in [0.15, 0.2) is 17.2 Å². The molecule has 1 heterocycles. The quantitative estimate of drug-likeness (QED) is 0.361. The van der Waals surface area contributed by atoms with Crippen LogP contribution in [0.25, 0.3) is 6.08 Å². The summed E-state index contributed by atoms with van der Waals surface area (Å²) in [5.74, 6) is 1.20. The molecule has 0 saturated carbocycles. The van der Waals surface area contributed by atoms with E-state index in [0.717, 1.165) is 14.7 Å². The highest BCUT2D eigenvalue weighted by molar-refractivity contribution is 14.1. The Bertz CT molecular complexity index is 875. The van der Waals surface area contributed by atoms with Crippen LogP contribution in [0.5, 0.6) is 11.5 Å². The molecular weight excluding hydrogens is 445 g/mol. The predicted molar refractivity (Wildman–Crippen MR) is 109 cm³/mol. The van der Waals surface area contributed by atoms with Crippen LogP contribution in [0.15, 0.2) is 53.2 Å². The number of carbonyl (C=O) groups is 1. The molecule has 3 rings (SSSR count). The number of halogens is 1. The number of hydrogen-bond acceptors (Lipinski definition) is 5. The number of nitrogens with zero attached hydrogens (tertiary/aromatic N) is 1. The third kappa shape index (κ3) is 4.07. The normalized spacial score (nSPS) is 15.0. The molecule has 1 aliphatic rings. The SMILES string of the molecule is CCOc1cc(/C=C2/N=C(c3ccccc3)OC2=O)cc(I)c1OCC. The first-order valence-electron chi connectivity index (χ1n) is 8.29. The molecule has 2 aromatic carbocycles. The van der Waals surface area contributed by atoms with E-state index < -0.39 is 5.97 Å². The van der Waals surface area contributed by atoms with Crippen LogP contribution in [-0.2, 0) is 9.53 Å². The van der Waals surface area contributed by atoms with Gasteiger partial charge in [-0.1, -0.05) is 18.2 Å². The van der Waals surface area contributed by atoms with Crippen molar-refractivity contribution in [1.82, 2.24) is 0 Å². The maximum Gasteiger partial charge on any atom is 0.363 e. The third-order valence-electron chi connectivity index (χ3n) is 3.57. The predicted octanol–water partition coefficient (Wildman–Crippen LogP) is 4.43. The minimum absolute atomic E-state index is 0.256. The van der Waals surface area contributed by atoms with Gasteiger partial charge >= 0.3 is 5.97 Å². The van der Waals surface area contributed by atoms with Gasteiger partial charge in [0, 0.05) is 5.56 Å². The largest absolute Gasteiger partial charge is 0.490 e. The van der Waals surface area contributed by atoms with E-state index in [1.165, 1.54) is 0 Å². The summed E-state index contributed by atoms with van der Waals surface area (Å²) in [7, 11) is 0. The standard InChI is InChI=1S/C20H18INO4/c1-3-24-17-12-13(10-15(21)18(17)25-4-2)11-16-20(23)26-19(22-16)14-8-6-5-7-9-14/h5-12H,3-4H2,1-2H3/b16-11+. The third-order valence-corrected chi connectivity index (χ3v) is 4.37. The van der Waals surface area contributed by atoms with Crippen molar-refractivity contribution < 1.29 is 19.0 Å². The number of ether oxygens (including phenoxy) is 3. The first kappa shape index (κ1) is 18.4. The van der Waals surface area contributed by atoms with Gasteiger partial charge in [-0.05, 0) is 72.3 Å².